The Kier molecular flexibility index (Phi) is 2.37. The van der Waals surface area contributed by atoms with Crippen molar-refractivity contribution in [3.63, 3.8) is 0 Å². The lowest BCUT2D eigenvalue weighted by Crippen LogP contribution is -1.92. The van der Waals surface area contributed by atoms with Crippen LogP contribution >= 0.6 is 0 Å². The molecule has 76 valence electrons. The summed E-state index contributed by atoms with van der Waals surface area (Å²) in [6.07, 6.45) is 0.801. The van der Waals surface area contributed by atoms with Crippen molar-refractivity contribution >= 4 is 6.29 Å². The Morgan fingerprint density at radius 1 is 1.27 bits per heavy atom. The topological polar surface area (TPSA) is 34.9 Å². The van der Waals surface area contributed by atoms with Crippen LogP contribution in [0.15, 0.2) is 30.3 Å². The Morgan fingerprint density at radius 2 is 1.93 bits per heavy atom. The molecular weight excluding hydrogens is 188 g/mol. The van der Waals surface area contributed by atoms with Gasteiger partial charge in [0.2, 0.25) is 0 Å². The third kappa shape index (κ3) is 1.56. The zero-order chi connectivity index (χ0) is 10.8. The Labute approximate surface area is 88.4 Å². The molecule has 0 spiro atoms. The molecule has 1 aromatic carbocycles. The first-order chi connectivity index (χ1) is 7.24. The molecule has 0 saturated carbocycles. The van der Waals surface area contributed by atoms with Gasteiger partial charge in [-0.25, -0.2) is 0 Å². The van der Waals surface area contributed by atoms with E-state index in [9.17, 15) is 4.79 Å². The van der Waals surface area contributed by atoms with Crippen molar-refractivity contribution in [1.82, 2.24) is 9.78 Å². The van der Waals surface area contributed by atoms with Crippen LogP contribution in [0.25, 0.3) is 11.1 Å². The van der Waals surface area contributed by atoms with Gasteiger partial charge in [0.25, 0.3) is 0 Å². The largest absolute Gasteiger partial charge is 0.296 e. The maximum atomic E-state index is 10.9. The Hall–Kier alpha value is -1.90. The lowest BCUT2D eigenvalue weighted by atomic mass is 10.0. The summed E-state index contributed by atoms with van der Waals surface area (Å²) in [5, 5.41) is 4.15. The second kappa shape index (κ2) is 3.69. The minimum atomic E-state index is 0.501. The number of aldehydes is 1. The van der Waals surface area contributed by atoms with Crippen molar-refractivity contribution in [2.75, 3.05) is 0 Å². The quantitative estimate of drug-likeness (QED) is 0.696. The standard InChI is InChI=1S/C12H12N2O/c1-9-12(10-6-4-3-5-7-10)11(8-15)13-14(9)2/h3-8H,1-2H3. The van der Waals surface area contributed by atoms with Gasteiger partial charge >= 0.3 is 0 Å². The van der Waals surface area contributed by atoms with E-state index in [1.807, 2.05) is 44.3 Å². The van der Waals surface area contributed by atoms with E-state index in [1.165, 1.54) is 0 Å². The van der Waals surface area contributed by atoms with Gasteiger partial charge in [-0.15, -0.1) is 0 Å². The summed E-state index contributed by atoms with van der Waals surface area (Å²) in [5.41, 5.74) is 3.46. The average molecular weight is 200 g/mol. The summed E-state index contributed by atoms with van der Waals surface area (Å²) in [7, 11) is 1.84. The van der Waals surface area contributed by atoms with E-state index in [-0.39, 0.29) is 0 Å². The third-order valence-corrected chi connectivity index (χ3v) is 2.54. The number of carbonyl (C=O) groups excluding carboxylic acids is 1. The predicted octanol–water partition coefficient (Wildman–Crippen LogP) is 2.21. The smallest absolute Gasteiger partial charge is 0.170 e. The Morgan fingerprint density at radius 3 is 2.53 bits per heavy atom. The highest BCUT2D eigenvalue weighted by Crippen LogP contribution is 2.25. The van der Waals surface area contributed by atoms with E-state index >= 15 is 0 Å². The average Bonchev–Trinajstić information content (AvgIpc) is 2.56. The van der Waals surface area contributed by atoms with Crippen molar-refractivity contribution < 1.29 is 4.79 Å². The fourth-order valence-corrected chi connectivity index (χ4v) is 1.68. The molecule has 3 nitrogen and oxygen atoms in total. The monoisotopic (exact) mass is 200 g/mol. The van der Waals surface area contributed by atoms with Crippen molar-refractivity contribution in [2.45, 2.75) is 6.92 Å². The van der Waals surface area contributed by atoms with Crippen LogP contribution in [0.2, 0.25) is 0 Å². The van der Waals surface area contributed by atoms with Gasteiger partial charge in [-0.2, -0.15) is 5.10 Å². The molecule has 0 aliphatic rings. The highest BCUT2D eigenvalue weighted by atomic mass is 16.1. The molecule has 1 aromatic heterocycles. The minimum Gasteiger partial charge on any atom is -0.296 e. The summed E-state index contributed by atoms with van der Waals surface area (Å²) < 4.78 is 1.73. The predicted molar refractivity (Wildman–Crippen MR) is 58.8 cm³/mol. The van der Waals surface area contributed by atoms with Gasteiger partial charge in [-0.3, -0.25) is 9.48 Å². The van der Waals surface area contributed by atoms with Gasteiger partial charge in [0, 0.05) is 18.3 Å². The maximum absolute atomic E-state index is 10.9. The normalized spacial score (nSPS) is 10.3. The van der Waals surface area contributed by atoms with E-state index in [2.05, 4.69) is 5.10 Å². The van der Waals surface area contributed by atoms with Gasteiger partial charge in [0.05, 0.1) is 0 Å². The second-order valence-electron chi connectivity index (χ2n) is 3.45. The molecule has 2 aromatic rings. The number of aromatic nitrogens is 2. The highest BCUT2D eigenvalue weighted by Gasteiger charge is 2.13. The van der Waals surface area contributed by atoms with Crippen LogP contribution in [0, 0.1) is 6.92 Å². The number of hydrogen-bond donors (Lipinski definition) is 0. The van der Waals surface area contributed by atoms with Crippen LogP contribution < -0.4 is 0 Å². The molecule has 3 heteroatoms. The highest BCUT2D eigenvalue weighted by molar-refractivity contribution is 5.86. The van der Waals surface area contributed by atoms with Gasteiger partial charge in [-0.1, -0.05) is 30.3 Å². The summed E-state index contributed by atoms with van der Waals surface area (Å²) >= 11 is 0. The summed E-state index contributed by atoms with van der Waals surface area (Å²) in [6.45, 7) is 1.96. The van der Waals surface area contributed by atoms with Crippen LogP contribution in [0.1, 0.15) is 16.2 Å². The first kappa shape index (κ1) is 9.65. The molecule has 0 atom stereocenters. The van der Waals surface area contributed by atoms with Crippen LogP contribution in [-0.2, 0) is 7.05 Å². The van der Waals surface area contributed by atoms with Crippen molar-refractivity contribution in [1.29, 1.82) is 0 Å². The van der Waals surface area contributed by atoms with Crippen LogP contribution in [0.4, 0.5) is 0 Å². The molecule has 0 radical (unpaired) electrons. The summed E-state index contributed by atoms with van der Waals surface area (Å²) in [6, 6.07) is 9.83. The van der Waals surface area contributed by atoms with E-state index < -0.39 is 0 Å². The van der Waals surface area contributed by atoms with E-state index in [1.54, 1.807) is 4.68 Å². The van der Waals surface area contributed by atoms with Crippen LogP contribution in [0.5, 0.6) is 0 Å². The zero-order valence-electron chi connectivity index (χ0n) is 8.77. The summed E-state index contributed by atoms with van der Waals surface area (Å²) in [5.74, 6) is 0. The molecule has 2 rings (SSSR count). The van der Waals surface area contributed by atoms with Gasteiger partial charge in [-0.05, 0) is 12.5 Å². The first-order valence-corrected chi connectivity index (χ1v) is 4.78. The van der Waals surface area contributed by atoms with Gasteiger partial charge < -0.3 is 0 Å². The molecule has 0 aliphatic carbocycles. The van der Waals surface area contributed by atoms with E-state index in [0.717, 1.165) is 23.1 Å². The lowest BCUT2D eigenvalue weighted by Gasteiger charge is -2.00. The number of hydrogen-bond acceptors (Lipinski definition) is 2. The zero-order valence-corrected chi connectivity index (χ0v) is 8.77. The maximum Gasteiger partial charge on any atom is 0.170 e. The van der Waals surface area contributed by atoms with Gasteiger partial charge in [0.15, 0.2) is 6.29 Å². The number of nitrogens with zero attached hydrogens (tertiary/aromatic N) is 2. The van der Waals surface area contributed by atoms with Crippen molar-refractivity contribution in [3.8, 4) is 11.1 Å². The first-order valence-electron chi connectivity index (χ1n) is 4.78. The minimum absolute atomic E-state index is 0.501. The van der Waals surface area contributed by atoms with Crippen molar-refractivity contribution in [3.05, 3.63) is 41.7 Å². The number of rotatable bonds is 2. The third-order valence-electron chi connectivity index (χ3n) is 2.54. The molecule has 0 bridgehead atoms. The molecule has 15 heavy (non-hydrogen) atoms. The molecule has 0 saturated heterocycles. The summed E-state index contributed by atoms with van der Waals surface area (Å²) in [4.78, 5) is 10.9. The molecule has 0 aliphatic heterocycles. The molecule has 0 fully saturated rings. The Bertz CT molecular complexity index is 486. The van der Waals surface area contributed by atoms with Crippen molar-refractivity contribution in [2.24, 2.45) is 7.05 Å². The molecule has 1 heterocycles. The van der Waals surface area contributed by atoms with Gasteiger partial charge in [0.1, 0.15) is 5.69 Å². The number of aryl methyl sites for hydroxylation is 1. The lowest BCUT2D eigenvalue weighted by molar-refractivity contribution is 0.111. The van der Waals surface area contributed by atoms with E-state index in [0.29, 0.717) is 5.69 Å². The van der Waals surface area contributed by atoms with E-state index in [4.69, 9.17) is 0 Å². The fourth-order valence-electron chi connectivity index (χ4n) is 1.68. The number of benzene rings is 1. The molecule has 0 N–H and O–H groups in total. The Balaban J connectivity index is 2.66. The molecular formula is C12H12N2O. The molecule has 0 unspecified atom stereocenters. The van der Waals surface area contributed by atoms with Crippen LogP contribution in [-0.4, -0.2) is 16.1 Å². The molecule has 0 amide bonds. The van der Waals surface area contributed by atoms with Crippen LogP contribution in [0.3, 0.4) is 0 Å². The SMILES string of the molecule is Cc1c(-c2ccccc2)c(C=O)nn1C. The number of carbonyl (C=O) groups is 1. The second-order valence-corrected chi connectivity index (χ2v) is 3.45. The fraction of sp³-hybridized carbons (Fsp3) is 0.167.